The van der Waals surface area contributed by atoms with E-state index in [9.17, 15) is 43.2 Å². The number of ether oxygens (including phenoxy) is 4. The standard InChI is InChI=1S/C87H170O17P2/c1-7-9-11-13-15-17-19-21-22-23-24-25-26-27-28-31-36-40-47-53-59-65-71-86(91)103-82(75-98-85(90)70-64-58-52-46-39-35-32-29-30-34-37-43-49-55-61-67-79(3)4)77-101-105(93,94)99-73-81(88)74-100-106(95,96)102-78-83(104-87(92)72-66-60-54-48-42-41-44-50-56-62-68-80(5)6)76-97-84(89)69-63-57-51-45-38-33-20-18-16-14-12-10-8-2/h79-83,88H,7-78H2,1-6H3,(H,93,94)(H,95,96)/t81-,82-,83-/m1/s1. The molecule has 0 rings (SSSR count). The second-order valence-corrected chi connectivity index (χ2v) is 35.1. The van der Waals surface area contributed by atoms with Crippen molar-refractivity contribution in [1.82, 2.24) is 0 Å². The molecule has 0 aliphatic rings. The molecule has 0 aromatic heterocycles. The second-order valence-electron chi connectivity index (χ2n) is 32.2. The Morgan fingerprint density at radius 3 is 0.642 bits per heavy atom. The molecule has 0 saturated heterocycles. The predicted molar refractivity (Wildman–Crippen MR) is 437 cm³/mol. The first kappa shape index (κ1) is 104. The summed E-state index contributed by atoms with van der Waals surface area (Å²) in [6.07, 6.45) is 70.8. The Kier molecular flexibility index (Phi) is 76.9. The third-order valence-electron chi connectivity index (χ3n) is 20.5. The average molecular weight is 1550 g/mol. The fourth-order valence-electron chi connectivity index (χ4n) is 13.6. The molecule has 106 heavy (non-hydrogen) atoms. The van der Waals surface area contributed by atoms with Gasteiger partial charge in [-0.15, -0.1) is 0 Å². The monoisotopic (exact) mass is 1550 g/mol. The van der Waals surface area contributed by atoms with Gasteiger partial charge in [0.05, 0.1) is 26.4 Å². The van der Waals surface area contributed by atoms with Gasteiger partial charge in [0.2, 0.25) is 0 Å². The van der Waals surface area contributed by atoms with Gasteiger partial charge in [-0.2, -0.15) is 0 Å². The van der Waals surface area contributed by atoms with Crippen molar-refractivity contribution >= 4 is 39.5 Å². The third-order valence-corrected chi connectivity index (χ3v) is 22.4. The Bertz CT molecular complexity index is 2030. The Morgan fingerprint density at radius 1 is 0.255 bits per heavy atom. The van der Waals surface area contributed by atoms with Gasteiger partial charge in [0, 0.05) is 25.7 Å². The van der Waals surface area contributed by atoms with E-state index >= 15 is 0 Å². The van der Waals surface area contributed by atoms with E-state index in [0.717, 1.165) is 102 Å². The lowest BCUT2D eigenvalue weighted by atomic mass is 10.0. The highest BCUT2D eigenvalue weighted by molar-refractivity contribution is 7.47. The number of carbonyl (C=O) groups is 4. The van der Waals surface area contributed by atoms with E-state index in [1.54, 1.807) is 0 Å². The molecule has 0 bridgehead atoms. The number of rotatable bonds is 86. The van der Waals surface area contributed by atoms with E-state index in [4.69, 9.17) is 37.0 Å². The summed E-state index contributed by atoms with van der Waals surface area (Å²) in [6, 6.07) is 0. The Balaban J connectivity index is 5.23. The molecule has 0 radical (unpaired) electrons. The molecule has 0 aliphatic heterocycles. The number of hydrogen-bond donors (Lipinski definition) is 3. The summed E-state index contributed by atoms with van der Waals surface area (Å²) in [4.78, 5) is 73.3. The second kappa shape index (κ2) is 78.3. The van der Waals surface area contributed by atoms with Crippen LogP contribution in [0.4, 0.5) is 0 Å². The Labute approximate surface area is 651 Å². The Hall–Kier alpha value is -1.94. The summed E-state index contributed by atoms with van der Waals surface area (Å²) in [5.74, 6) is -0.542. The number of aliphatic hydroxyl groups is 1. The molecular formula is C87H170O17P2. The van der Waals surface area contributed by atoms with E-state index in [0.29, 0.717) is 25.7 Å². The van der Waals surface area contributed by atoms with E-state index in [-0.39, 0.29) is 25.7 Å². The van der Waals surface area contributed by atoms with Crippen LogP contribution in [0.2, 0.25) is 0 Å². The van der Waals surface area contributed by atoms with Crippen molar-refractivity contribution in [2.75, 3.05) is 39.6 Å². The number of phosphoric ester groups is 2. The van der Waals surface area contributed by atoms with Crippen molar-refractivity contribution in [3.8, 4) is 0 Å². The molecule has 0 aromatic rings. The van der Waals surface area contributed by atoms with Gasteiger partial charge in [-0.05, 0) is 37.5 Å². The third kappa shape index (κ3) is 80.1. The maximum atomic E-state index is 13.2. The van der Waals surface area contributed by atoms with Crippen LogP contribution in [0.25, 0.3) is 0 Å². The van der Waals surface area contributed by atoms with Crippen LogP contribution in [-0.4, -0.2) is 96.7 Å². The van der Waals surface area contributed by atoms with Crippen LogP contribution in [0.5, 0.6) is 0 Å². The lowest BCUT2D eigenvalue weighted by molar-refractivity contribution is -0.161. The summed E-state index contributed by atoms with van der Waals surface area (Å²) in [7, 11) is -9.93. The molecule has 19 heteroatoms. The fraction of sp³-hybridized carbons (Fsp3) is 0.954. The number of phosphoric acid groups is 2. The lowest BCUT2D eigenvalue weighted by Crippen LogP contribution is -2.30. The van der Waals surface area contributed by atoms with Crippen LogP contribution in [0.3, 0.4) is 0 Å². The quantitative estimate of drug-likeness (QED) is 0.0222. The highest BCUT2D eigenvalue weighted by Crippen LogP contribution is 2.45. The maximum Gasteiger partial charge on any atom is 0.472 e. The molecule has 17 nitrogen and oxygen atoms in total. The van der Waals surface area contributed by atoms with Gasteiger partial charge in [-0.25, -0.2) is 9.13 Å². The van der Waals surface area contributed by atoms with Gasteiger partial charge in [0.25, 0.3) is 0 Å². The van der Waals surface area contributed by atoms with Crippen LogP contribution in [0.1, 0.15) is 465 Å². The Morgan fingerprint density at radius 2 is 0.434 bits per heavy atom. The molecule has 0 fully saturated rings. The van der Waals surface area contributed by atoms with Crippen LogP contribution in [0, 0.1) is 11.8 Å². The highest BCUT2D eigenvalue weighted by Gasteiger charge is 2.30. The molecule has 3 N–H and O–H groups in total. The molecular weight excluding hydrogens is 1380 g/mol. The minimum Gasteiger partial charge on any atom is -0.462 e. The van der Waals surface area contributed by atoms with E-state index in [1.165, 1.54) is 283 Å². The summed E-state index contributed by atoms with van der Waals surface area (Å²) in [5.41, 5.74) is 0. The predicted octanol–water partition coefficient (Wildman–Crippen LogP) is 26.6. The van der Waals surface area contributed by atoms with Gasteiger partial charge in [0.1, 0.15) is 19.3 Å². The summed E-state index contributed by atoms with van der Waals surface area (Å²) < 4.78 is 68.9. The minimum absolute atomic E-state index is 0.107. The number of unbranched alkanes of at least 4 members (excludes halogenated alkanes) is 56. The van der Waals surface area contributed by atoms with Crippen LogP contribution in [0.15, 0.2) is 0 Å². The molecule has 5 atom stereocenters. The lowest BCUT2D eigenvalue weighted by Gasteiger charge is -2.21. The van der Waals surface area contributed by atoms with Gasteiger partial charge in [-0.1, -0.05) is 414 Å². The SMILES string of the molecule is CCCCCCCCCCCCCCCCCCCCCCCCC(=O)O[C@H](COC(=O)CCCCCCCCCCCCCCCCCC(C)C)COP(=O)(O)OC[C@@H](O)COP(=O)(O)OC[C@@H](COC(=O)CCCCCCCCCCCCCCC)OC(=O)CCCCCCCCCCCCC(C)C. The van der Waals surface area contributed by atoms with Gasteiger partial charge in [0.15, 0.2) is 12.2 Å². The number of esters is 4. The van der Waals surface area contributed by atoms with E-state index < -0.39 is 97.5 Å². The average Bonchev–Trinajstić information content (AvgIpc) is 0.890. The smallest absolute Gasteiger partial charge is 0.462 e. The maximum absolute atomic E-state index is 13.2. The van der Waals surface area contributed by atoms with Crippen LogP contribution >= 0.6 is 15.6 Å². The topological polar surface area (TPSA) is 237 Å². The van der Waals surface area contributed by atoms with E-state index in [1.807, 2.05) is 0 Å². The molecule has 0 heterocycles. The molecule has 0 spiro atoms. The normalized spacial score (nSPS) is 13.8. The first-order valence-corrected chi connectivity index (χ1v) is 48.0. The number of carbonyl (C=O) groups excluding carboxylic acids is 4. The summed E-state index contributed by atoms with van der Waals surface area (Å²) >= 11 is 0. The van der Waals surface area contributed by atoms with Crippen molar-refractivity contribution in [2.24, 2.45) is 11.8 Å². The molecule has 0 aliphatic carbocycles. The van der Waals surface area contributed by atoms with Crippen molar-refractivity contribution < 1.29 is 80.2 Å². The molecule has 0 amide bonds. The zero-order chi connectivity index (χ0) is 77.8. The van der Waals surface area contributed by atoms with Gasteiger partial charge in [-0.3, -0.25) is 37.3 Å². The zero-order valence-electron chi connectivity index (χ0n) is 69.7. The fourth-order valence-corrected chi connectivity index (χ4v) is 15.2. The zero-order valence-corrected chi connectivity index (χ0v) is 71.5. The van der Waals surface area contributed by atoms with Crippen LogP contribution < -0.4 is 0 Å². The highest BCUT2D eigenvalue weighted by atomic mass is 31.2. The molecule has 0 saturated carbocycles. The molecule has 630 valence electrons. The first-order chi connectivity index (χ1) is 51.4. The van der Waals surface area contributed by atoms with Crippen LogP contribution in [-0.2, 0) is 65.4 Å². The van der Waals surface area contributed by atoms with Crippen molar-refractivity contribution in [1.29, 1.82) is 0 Å². The van der Waals surface area contributed by atoms with E-state index in [2.05, 4.69) is 41.5 Å². The molecule has 2 unspecified atom stereocenters. The largest absolute Gasteiger partial charge is 0.472 e. The van der Waals surface area contributed by atoms with Crippen molar-refractivity contribution in [2.45, 2.75) is 484 Å². The van der Waals surface area contributed by atoms with Crippen molar-refractivity contribution in [3.05, 3.63) is 0 Å². The number of aliphatic hydroxyl groups excluding tert-OH is 1. The van der Waals surface area contributed by atoms with Gasteiger partial charge >= 0.3 is 39.5 Å². The summed E-state index contributed by atoms with van der Waals surface area (Å²) in [5, 5.41) is 10.7. The molecule has 0 aromatic carbocycles. The first-order valence-electron chi connectivity index (χ1n) is 45.0. The van der Waals surface area contributed by atoms with Gasteiger partial charge < -0.3 is 33.8 Å². The minimum atomic E-state index is -4.97. The number of hydrogen-bond acceptors (Lipinski definition) is 15. The van der Waals surface area contributed by atoms with Crippen molar-refractivity contribution in [3.63, 3.8) is 0 Å². The summed E-state index contributed by atoms with van der Waals surface area (Å²) in [6.45, 7) is 9.69.